The largest absolute Gasteiger partial charge is 0.386 e. The lowest BCUT2D eigenvalue weighted by Crippen LogP contribution is -2.67. The molecule has 1 atom stereocenters. The van der Waals surface area contributed by atoms with Crippen LogP contribution in [0.15, 0.2) is 17.5 Å². The molecule has 1 unspecified atom stereocenters. The van der Waals surface area contributed by atoms with E-state index in [1.54, 1.807) is 4.90 Å². The van der Waals surface area contributed by atoms with Crippen molar-refractivity contribution < 1.29 is 9.90 Å². The highest BCUT2D eigenvalue weighted by molar-refractivity contribution is 7.10. The van der Waals surface area contributed by atoms with Gasteiger partial charge >= 0.3 is 0 Å². The molecule has 1 aromatic heterocycles. The Hall–Kier alpha value is -0.910. The Labute approximate surface area is 105 Å². The van der Waals surface area contributed by atoms with E-state index in [4.69, 9.17) is 5.73 Å². The van der Waals surface area contributed by atoms with Crippen molar-refractivity contribution in [3.8, 4) is 0 Å². The molecule has 1 aliphatic heterocycles. The van der Waals surface area contributed by atoms with E-state index in [0.717, 1.165) is 4.88 Å². The first kappa shape index (κ1) is 12.5. The molecule has 1 aromatic rings. The van der Waals surface area contributed by atoms with Crippen LogP contribution in [-0.2, 0) is 4.79 Å². The number of nitrogens with two attached hydrogens (primary N) is 1. The minimum Gasteiger partial charge on any atom is -0.386 e. The molecule has 0 radical (unpaired) electrons. The Bertz CT molecular complexity index is 397. The Morgan fingerprint density at radius 1 is 1.59 bits per heavy atom. The van der Waals surface area contributed by atoms with Gasteiger partial charge in [-0.15, -0.1) is 11.3 Å². The molecule has 3 N–H and O–H groups in total. The fourth-order valence-electron chi connectivity index (χ4n) is 1.92. The minimum atomic E-state index is -0.731. The molecule has 2 heterocycles. The number of nitrogens with zero attached hydrogens (tertiary/aromatic N) is 1. The first-order chi connectivity index (χ1) is 7.94. The van der Waals surface area contributed by atoms with Crippen molar-refractivity contribution in [1.29, 1.82) is 0 Å². The van der Waals surface area contributed by atoms with Crippen molar-refractivity contribution in [3.63, 3.8) is 0 Å². The third-order valence-electron chi connectivity index (χ3n) is 3.43. The van der Waals surface area contributed by atoms with E-state index in [1.807, 2.05) is 31.4 Å². The molecule has 1 saturated heterocycles. The van der Waals surface area contributed by atoms with E-state index in [-0.39, 0.29) is 11.8 Å². The van der Waals surface area contributed by atoms with Crippen LogP contribution in [0.1, 0.15) is 24.8 Å². The van der Waals surface area contributed by atoms with Gasteiger partial charge in [0.1, 0.15) is 11.6 Å². The molecule has 1 fully saturated rings. The van der Waals surface area contributed by atoms with E-state index in [0.29, 0.717) is 13.1 Å². The topological polar surface area (TPSA) is 66.6 Å². The molecular formula is C12H18N2O2S. The van der Waals surface area contributed by atoms with Crippen molar-refractivity contribution in [1.82, 2.24) is 4.90 Å². The van der Waals surface area contributed by atoms with Crippen LogP contribution in [-0.4, -0.2) is 34.6 Å². The van der Waals surface area contributed by atoms with Crippen molar-refractivity contribution in [3.05, 3.63) is 22.4 Å². The molecule has 0 aliphatic carbocycles. The predicted molar refractivity (Wildman–Crippen MR) is 67.6 cm³/mol. The van der Waals surface area contributed by atoms with E-state index in [1.165, 1.54) is 11.3 Å². The van der Waals surface area contributed by atoms with Gasteiger partial charge in [0.15, 0.2) is 0 Å². The maximum Gasteiger partial charge on any atom is 0.245 e. The van der Waals surface area contributed by atoms with Gasteiger partial charge in [-0.25, -0.2) is 0 Å². The summed E-state index contributed by atoms with van der Waals surface area (Å²) in [7, 11) is 0. The van der Waals surface area contributed by atoms with Crippen LogP contribution in [0.5, 0.6) is 0 Å². The zero-order valence-corrected chi connectivity index (χ0v) is 10.9. The molecule has 17 heavy (non-hydrogen) atoms. The number of β-amino-alcohol motifs (C(OH)–C–C–N with tert-alkyl or cyclic N) is 1. The van der Waals surface area contributed by atoms with Crippen molar-refractivity contribution in [2.24, 2.45) is 11.7 Å². The molecule has 4 nitrogen and oxygen atoms in total. The fraction of sp³-hybridized carbons (Fsp3) is 0.583. The van der Waals surface area contributed by atoms with E-state index >= 15 is 0 Å². The van der Waals surface area contributed by atoms with Crippen LogP contribution >= 0.6 is 11.3 Å². The van der Waals surface area contributed by atoms with Gasteiger partial charge in [-0.2, -0.15) is 0 Å². The number of hydrogen-bond acceptors (Lipinski definition) is 4. The molecule has 1 aliphatic rings. The Balaban J connectivity index is 1.96. The van der Waals surface area contributed by atoms with Gasteiger partial charge in [0.25, 0.3) is 0 Å². The lowest BCUT2D eigenvalue weighted by atomic mass is 9.82. The van der Waals surface area contributed by atoms with Gasteiger partial charge in [0.2, 0.25) is 5.91 Å². The number of carbonyl (C=O) groups is 1. The van der Waals surface area contributed by atoms with E-state index in [2.05, 4.69) is 0 Å². The van der Waals surface area contributed by atoms with Crippen LogP contribution in [0.25, 0.3) is 0 Å². The maximum atomic E-state index is 12.0. The quantitative estimate of drug-likeness (QED) is 0.845. The smallest absolute Gasteiger partial charge is 0.245 e. The highest BCUT2D eigenvalue weighted by atomic mass is 32.1. The first-order valence-electron chi connectivity index (χ1n) is 5.74. The molecular weight excluding hydrogens is 236 g/mol. The normalized spacial score (nSPS) is 20.2. The summed E-state index contributed by atoms with van der Waals surface area (Å²) in [6.07, 6.45) is 0. The molecule has 0 bridgehead atoms. The van der Waals surface area contributed by atoms with E-state index < -0.39 is 11.6 Å². The number of aliphatic hydroxyl groups is 1. The number of rotatable bonds is 3. The second-order valence-corrected chi connectivity index (χ2v) is 5.92. The third kappa shape index (κ3) is 2.22. The van der Waals surface area contributed by atoms with Crippen LogP contribution in [0.3, 0.4) is 0 Å². The number of likely N-dealkylation sites (tertiary alicyclic amines) is 1. The average molecular weight is 254 g/mol. The highest BCUT2D eigenvalue weighted by Gasteiger charge is 2.46. The van der Waals surface area contributed by atoms with Crippen molar-refractivity contribution >= 4 is 17.2 Å². The van der Waals surface area contributed by atoms with Crippen LogP contribution in [0.2, 0.25) is 0 Å². The van der Waals surface area contributed by atoms with Gasteiger partial charge in [0.05, 0.1) is 13.1 Å². The summed E-state index contributed by atoms with van der Waals surface area (Å²) in [5, 5.41) is 12.0. The minimum absolute atomic E-state index is 0.0993. The van der Waals surface area contributed by atoms with Gasteiger partial charge in [-0.1, -0.05) is 19.9 Å². The average Bonchev–Trinajstić information content (AvgIpc) is 2.75. The zero-order valence-electron chi connectivity index (χ0n) is 10.1. The lowest BCUT2D eigenvalue weighted by Gasteiger charge is -2.49. The van der Waals surface area contributed by atoms with Crippen LogP contribution in [0, 0.1) is 5.92 Å². The maximum absolute atomic E-state index is 12.0. The predicted octanol–water partition coefficient (Wildman–Crippen LogP) is 0.977. The Morgan fingerprint density at radius 2 is 2.24 bits per heavy atom. The standard InChI is InChI=1S/C12H18N2O2S/c1-8(2)12(16)6-14(7-12)11(15)10(13)9-4-3-5-17-9/h3-5,8,10,16H,6-7,13H2,1-2H3. The number of thiophene rings is 1. The summed E-state index contributed by atoms with van der Waals surface area (Å²) < 4.78 is 0. The molecule has 0 aromatic carbocycles. The Kier molecular flexibility index (Phi) is 3.25. The van der Waals surface area contributed by atoms with Gasteiger partial charge < -0.3 is 15.7 Å². The van der Waals surface area contributed by atoms with Crippen LogP contribution < -0.4 is 5.73 Å². The van der Waals surface area contributed by atoms with E-state index in [9.17, 15) is 9.90 Å². The summed E-state index contributed by atoms with van der Waals surface area (Å²) in [4.78, 5) is 14.5. The van der Waals surface area contributed by atoms with Crippen molar-refractivity contribution in [2.75, 3.05) is 13.1 Å². The highest BCUT2D eigenvalue weighted by Crippen LogP contribution is 2.31. The number of hydrogen-bond donors (Lipinski definition) is 2. The van der Waals surface area contributed by atoms with Crippen molar-refractivity contribution in [2.45, 2.75) is 25.5 Å². The first-order valence-corrected chi connectivity index (χ1v) is 6.62. The van der Waals surface area contributed by atoms with Crippen LogP contribution in [0.4, 0.5) is 0 Å². The summed E-state index contributed by atoms with van der Waals surface area (Å²) in [5.41, 5.74) is 5.16. The van der Waals surface area contributed by atoms with Gasteiger partial charge in [-0.05, 0) is 17.4 Å². The number of carbonyl (C=O) groups excluding carboxylic acids is 1. The molecule has 2 rings (SSSR count). The number of amides is 1. The lowest BCUT2D eigenvalue weighted by molar-refractivity contribution is -0.165. The summed E-state index contributed by atoms with van der Waals surface area (Å²) in [6.45, 7) is 4.70. The molecule has 0 saturated carbocycles. The molecule has 1 amide bonds. The monoisotopic (exact) mass is 254 g/mol. The van der Waals surface area contributed by atoms with Gasteiger partial charge in [0, 0.05) is 4.88 Å². The Morgan fingerprint density at radius 3 is 2.71 bits per heavy atom. The van der Waals surface area contributed by atoms with Gasteiger partial charge in [-0.3, -0.25) is 4.79 Å². The second-order valence-electron chi connectivity index (χ2n) is 4.95. The fourth-order valence-corrected chi connectivity index (χ4v) is 2.64. The zero-order chi connectivity index (χ0) is 12.6. The molecule has 0 spiro atoms. The third-order valence-corrected chi connectivity index (χ3v) is 4.39. The molecule has 5 heteroatoms. The summed E-state index contributed by atoms with van der Waals surface area (Å²) >= 11 is 1.48. The molecule has 94 valence electrons. The summed E-state index contributed by atoms with van der Waals surface area (Å²) in [6, 6.07) is 3.15. The SMILES string of the molecule is CC(C)C1(O)CN(C(=O)C(N)c2cccs2)C1. The summed E-state index contributed by atoms with van der Waals surface area (Å²) in [5.74, 6) is 0.0577. The second kappa shape index (κ2) is 4.40.